The van der Waals surface area contributed by atoms with E-state index in [1.54, 1.807) is 25.3 Å². The van der Waals surface area contributed by atoms with Crippen molar-refractivity contribution in [1.82, 2.24) is 4.90 Å². The molecule has 2 aliphatic rings. The SMILES string of the molecule is COc1ccc(B(O)O)cc1CN1CC2CCC(C1)O2. The first kappa shape index (κ1) is 13.9. The first-order valence-electron chi connectivity index (χ1n) is 7.06. The third kappa shape index (κ3) is 2.83. The van der Waals surface area contributed by atoms with Gasteiger partial charge in [0, 0.05) is 25.2 Å². The summed E-state index contributed by atoms with van der Waals surface area (Å²) in [6, 6.07) is 5.27. The number of hydrogen-bond donors (Lipinski definition) is 2. The fraction of sp³-hybridized carbons (Fsp3) is 0.571. The summed E-state index contributed by atoms with van der Waals surface area (Å²) >= 11 is 0. The van der Waals surface area contributed by atoms with Crippen LogP contribution in [0.4, 0.5) is 0 Å². The van der Waals surface area contributed by atoms with Gasteiger partial charge in [-0.25, -0.2) is 0 Å². The molecule has 0 radical (unpaired) electrons. The zero-order valence-electron chi connectivity index (χ0n) is 11.7. The molecule has 1 aromatic carbocycles. The van der Waals surface area contributed by atoms with E-state index in [0.717, 1.165) is 43.8 Å². The van der Waals surface area contributed by atoms with Gasteiger partial charge in [-0.1, -0.05) is 12.1 Å². The lowest BCUT2D eigenvalue weighted by Gasteiger charge is -2.32. The van der Waals surface area contributed by atoms with E-state index >= 15 is 0 Å². The summed E-state index contributed by atoms with van der Waals surface area (Å²) in [7, 11) is 0.192. The largest absolute Gasteiger partial charge is 0.496 e. The van der Waals surface area contributed by atoms with Crippen LogP contribution in [0.5, 0.6) is 5.75 Å². The molecule has 5 nitrogen and oxygen atoms in total. The van der Waals surface area contributed by atoms with E-state index < -0.39 is 7.12 Å². The van der Waals surface area contributed by atoms with Crippen LogP contribution < -0.4 is 10.2 Å². The second-order valence-corrected chi connectivity index (χ2v) is 5.60. The molecular weight excluding hydrogens is 257 g/mol. The van der Waals surface area contributed by atoms with Crippen molar-refractivity contribution in [3.8, 4) is 5.75 Å². The molecule has 2 aliphatic heterocycles. The Bertz CT molecular complexity index is 470. The van der Waals surface area contributed by atoms with E-state index in [1.807, 2.05) is 0 Å². The number of hydrogen-bond acceptors (Lipinski definition) is 5. The van der Waals surface area contributed by atoms with Crippen LogP contribution in [-0.4, -0.2) is 54.5 Å². The van der Waals surface area contributed by atoms with Crippen LogP contribution in [0.25, 0.3) is 0 Å². The molecule has 2 heterocycles. The van der Waals surface area contributed by atoms with Crippen LogP contribution in [0.1, 0.15) is 18.4 Å². The Morgan fingerprint density at radius 3 is 2.60 bits per heavy atom. The predicted octanol–water partition coefficient (Wildman–Crippen LogP) is -0.262. The van der Waals surface area contributed by atoms with Crippen LogP contribution in [-0.2, 0) is 11.3 Å². The Hall–Kier alpha value is -1.08. The van der Waals surface area contributed by atoms with Crippen molar-refractivity contribution in [3.63, 3.8) is 0 Å². The van der Waals surface area contributed by atoms with Crippen molar-refractivity contribution in [1.29, 1.82) is 0 Å². The summed E-state index contributed by atoms with van der Waals surface area (Å²) in [6.45, 7) is 2.62. The molecule has 0 saturated carbocycles. The summed E-state index contributed by atoms with van der Waals surface area (Å²) in [6.07, 6.45) is 3.00. The topological polar surface area (TPSA) is 62.2 Å². The number of nitrogens with zero attached hydrogens (tertiary/aromatic N) is 1. The maximum atomic E-state index is 9.29. The van der Waals surface area contributed by atoms with Crippen LogP contribution in [0.15, 0.2) is 18.2 Å². The average molecular weight is 277 g/mol. The van der Waals surface area contributed by atoms with E-state index in [9.17, 15) is 10.0 Å². The molecule has 0 aromatic heterocycles. The summed E-state index contributed by atoms with van der Waals surface area (Å²) in [5, 5.41) is 18.6. The van der Waals surface area contributed by atoms with Crippen LogP contribution in [0.2, 0.25) is 0 Å². The first-order chi connectivity index (χ1) is 9.65. The highest BCUT2D eigenvalue weighted by Crippen LogP contribution is 2.28. The molecule has 3 rings (SSSR count). The van der Waals surface area contributed by atoms with E-state index in [-0.39, 0.29) is 0 Å². The molecule has 0 spiro atoms. The van der Waals surface area contributed by atoms with Crippen LogP contribution in [0.3, 0.4) is 0 Å². The maximum Gasteiger partial charge on any atom is 0.488 e. The number of benzene rings is 1. The molecule has 1 aromatic rings. The van der Waals surface area contributed by atoms with E-state index in [1.165, 1.54) is 0 Å². The Morgan fingerprint density at radius 2 is 2.00 bits per heavy atom. The molecule has 2 N–H and O–H groups in total. The minimum atomic E-state index is -1.44. The lowest BCUT2D eigenvalue weighted by molar-refractivity contribution is -0.0412. The molecule has 0 amide bonds. The van der Waals surface area contributed by atoms with Gasteiger partial charge in [0.1, 0.15) is 5.75 Å². The number of ether oxygens (including phenoxy) is 2. The monoisotopic (exact) mass is 277 g/mol. The number of morpholine rings is 1. The molecule has 2 unspecified atom stereocenters. The molecule has 2 atom stereocenters. The molecule has 6 heteroatoms. The summed E-state index contributed by atoms with van der Waals surface area (Å²) in [5.74, 6) is 0.785. The fourth-order valence-corrected chi connectivity index (χ4v) is 3.15. The Kier molecular flexibility index (Phi) is 3.98. The summed E-state index contributed by atoms with van der Waals surface area (Å²) in [4.78, 5) is 2.36. The highest BCUT2D eigenvalue weighted by Gasteiger charge is 2.33. The quantitative estimate of drug-likeness (QED) is 0.742. The summed E-state index contributed by atoms with van der Waals surface area (Å²) in [5.41, 5.74) is 1.48. The van der Waals surface area contributed by atoms with Gasteiger partial charge in [0.2, 0.25) is 0 Å². The van der Waals surface area contributed by atoms with Gasteiger partial charge in [-0.15, -0.1) is 0 Å². The normalized spacial score (nSPS) is 25.8. The minimum absolute atomic E-state index is 0.353. The summed E-state index contributed by atoms with van der Waals surface area (Å²) < 4.78 is 11.2. The molecule has 2 saturated heterocycles. The van der Waals surface area contributed by atoms with Gasteiger partial charge in [0.25, 0.3) is 0 Å². The van der Waals surface area contributed by atoms with Gasteiger partial charge < -0.3 is 19.5 Å². The van der Waals surface area contributed by atoms with Crippen LogP contribution in [0, 0.1) is 0 Å². The number of rotatable bonds is 4. The number of fused-ring (bicyclic) bond motifs is 2. The van der Waals surface area contributed by atoms with E-state index in [2.05, 4.69) is 4.90 Å². The lowest BCUT2D eigenvalue weighted by atomic mass is 9.79. The second-order valence-electron chi connectivity index (χ2n) is 5.60. The van der Waals surface area contributed by atoms with E-state index in [4.69, 9.17) is 9.47 Å². The first-order valence-corrected chi connectivity index (χ1v) is 7.06. The zero-order valence-corrected chi connectivity index (χ0v) is 11.7. The molecule has 2 fully saturated rings. The van der Waals surface area contributed by atoms with Gasteiger partial charge in [-0.2, -0.15) is 0 Å². The van der Waals surface area contributed by atoms with Crippen molar-refractivity contribution >= 4 is 12.6 Å². The predicted molar refractivity (Wildman–Crippen MR) is 76.0 cm³/mol. The van der Waals surface area contributed by atoms with Crippen LogP contribution >= 0.6 is 0 Å². The molecule has 0 aliphatic carbocycles. The fourth-order valence-electron chi connectivity index (χ4n) is 3.15. The molecule has 20 heavy (non-hydrogen) atoms. The number of likely N-dealkylation sites (tertiary alicyclic amines) is 1. The number of methoxy groups -OCH3 is 1. The van der Waals surface area contributed by atoms with Gasteiger partial charge in [0.15, 0.2) is 0 Å². The van der Waals surface area contributed by atoms with Gasteiger partial charge >= 0.3 is 7.12 Å². The van der Waals surface area contributed by atoms with Gasteiger partial charge in [-0.3, -0.25) is 4.90 Å². The Balaban J connectivity index is 1.76. The Morgan fingerprint density at radius 1 is 1.30 bits per heavy atom. The smallest absolute Gasteiger partial charge is 0.488 e. The van der Waals surface area contributed by atoms with Crippen molar-refractivity contribution in [2.45, 2.75) is 31.6 Å². The van der Waals surface area contributed by atoms with Crippen molar-refractivity contribution in [3.05, 3.63) is 23.8 Å². The zero-order chi connectivity index (χ0) is 14.1. The van der Waals surface area contributed by atoms with Crippen molar-refractivity contribution in [2.24, 2.45) is 0 Å². The van der Waals surface area contributed by atoms with Gasteiger partial charge in [-0.05, 0) is 24.4 Å². The van der Waals surface area contributed by atoms with E-state index in [0.29, 0.717) is 17.7 Å². The van der Waals surface area contributed by atoms with Crippen molar-refractivity contribution in [2.75, 3.05) is 20.2 Å². The Labute approximate surface area is 119 Å². The van der Waals surface area contributed by atoms with Crippen molar-refractivity contribution < 1.29 is 19.5 Å². The molecular formula is C14H20BNO4. The average Bonchev–Trinajstić information content (AvgIpc) is 2.78. The molecule has 108 valence electrons. The second kappa shape index (κ2) is 5.73. The third-order valence-corrected chi connectivity index (χ3v) is 4.12. The minimum Gasteiger partial charge on any atom is -0.496 e. The standard InChI is InChI=1S/C14H20BNO4/c1-19-14-5-2-11(15(17)18)6-10(14)7-16-8-12-3-4-13(9-16)20-12/h2,5-6,12-13,17-18H,3-4,7-9H2,1H3. The highest BCUT2D eigenvalue weighted by molar-refractivity contribution is 6.58. The molecule has 2 bridgehead atoms. The highest BCUT2D eigenvalue weighted by atomic mass is 16.5. The maximum absolute atomic E-state index is 9.29. The van der Waals surface area contributed by atoms with Gasteiger partial charge in [0.05, 0.1) is 19.3 Å². The third-order valence-electron chi connectivity index (χ3n) is 4.12. The lowest BCUT2D eigenvalue weighted by Crippen LogP contribution is -2.42.